The van der Waals surface area contributed by atoms with Gasteiger partial charge in [0.05, 0.1) is 16.0 Å². The third-order valence-electron chi connectivity index (χ3n) is 5.62. The molecule has 0 saturated heterocycles. The Hall–Kier alpha value is -1.97. The summed E-state index contributed by atoms with van der Waals surface area (Å²) in [5.74, 6) is -0.0589. The summed E-state index contributed by atoms with van der Waals surface area (Å²) in [6, 6.07) is 14.4. The topological polar surface area (TPSA) is 45.2 Å². The third kappa shape index (κ3) is 5.47. The summed E-state index contributed by atoms with van der Waals surface area (Å²) >= 11 is 4.77. The van der Waals surface area contributed by atoms with Gasteiger partial charge in [-0.3, -0.25) is 9.69 Å². The van der Waals surface area contributed by atoms with E-state index in [4.69, 9.17) is 4.98 Å². The number of nitrogens with one attached hydrogen (secondary N) is 1. The quantitative estimate of drug-likeness (QED) is 0.258. The maximum atomic E-state index is 13.1. The molecule has 0 aliphatic carbocycles. The van der Waals surface area contributed by atoms with Gasteiger partial charge in [-0.1, -0.05) is 19.1 Å². The van der Waals surface area contributed by atoms with E-state index in [1.165, 1.54) is 34.3 Å². The van der Waals surface area contributed by atoms with Gasteiger partial charge in [0.2, 0.25) is 5.91 Å². The highest BCUT2D eigenvalue weighted by atomic mass is 35.5. The van der Waals surface area contributed by atoms with Crippen LogP contribution in [-0.2, 0) is 17.8 Å². The average molecular weight is 534 g/mol. The first-order valence-electron chi connectivity index (χ1n) is 11.0. The Kier molecular flexibility index (Phi) is 8.26. The number of rotatable bonds is 7. The Labute approximate surface area is 217 Å². The van der Waals surface area contributed by atoms with Gasteiger partial charge in [-0.15, -0.1) is 46.8 Å². The number of benzene rings is 2. The fraction of sp³-hybridized carbons (Fsp3) is 0.280. The Bertz CT molecular complexity index is 1260. The standard InChI is InChI=1S/C25H24FN3OS3.ClH/c1-2-12-29-13-11-18-21(14-29)33-25(23(18)24-27-19-5-3-4-6-20(19)32-24)28-22(30)15-31-17-9-7-16(26)8-10-17;/h3-10H,2,11-15H2,1H3,(H,28,30);1H. The fourth-order valence-corrected chi connectivity index (χ4v) is 7.21. The molecule has 0 atom stereocenters. The number of amides is 1. The van der Waals surface area contributed by atoms with Gasteiger partial charge < -0.3 is 5.32 Å². The molecule has 2 aromatic carbocycles. The van der Waals surface area contributed by atoms with Crippen molar-refractivity contribution in [1.29, 1.82) is 0 Å². The molecule has 4 aromatic rings. The van der Waals surface area contributed by atoms with Crippen molar-refractivity contribution in [2.75, 3.05) is 24.2 Å². The van der Waals surface area contributed by atoms with Gasteiger partial charge in [0.1, 0.15) is 15.8 Å². The number of nitrogens with zero attached hydrogens (tertiary/aromatic N) is 2. The first kappa shape index (κ1) is 25.1. The minimum absolute atomic E-state index is 0. The van der Waals surface area contributed by atoms with Gasteiger partial charge in [-0.25, -0.2) is 9.37 Å². The van der Waals surface area contributed by atoms with Crippen LogP contribution in [-0.4, -0.2) is 34.6 Å². The van der Waals surface area contributed by atoms with E-state index in [0.717, 1.165) is 63.2 Å². The number of halogens is 2. The highest BCUT2D eigenvalue weighted by Crippen LogP contribution is 2.45. The van der Waals surface area contributed by atoms with E-state index in [1.54, 1.807) is 34.8 Å². The molecule has 5 rings (SSSR count). The Balaban J connectivity index is 0.00000274. The van der Waals surface area contributed by atoms with Crippen molar-refractivity contribution in [3.05, 3.63) is 64.8 Å². The van der Waals surface area contributed by atoms with Crippen LogP contribution < -0.4 is 5.32 Å². The molecule has 1 aliphatic heterocycles. The lowest BCUT2D eigenvalue weighted by atomic mass is 10.0. The lowest BCUT2D eigenvalue weighted by molar-refractivity contribution is -0.113. The summed E-state index contributed by atoms with van der Waals surface area (Å²) in [5, 5.41) is 5.03. The molecule has 0 bridgehead atoms. The molecule has 34 heavy (non-hydrogen) atoms. The zero-order valence-electron chi connectivity index (χ0n) is 18.7. The zero-order chi connectivity index (χ0) is 22.8. The monoisotopic (exact) mass is 533 g/mol. The molecule has 178 valence electrons. The Morgan fingerprint density at radius 1 is 1.18 bits per heavy atom. The molecular formula is C25H25ClFN3OS3. The Morgan fingerprint density at radius 2 is 1.97 bits per heavy atom. The Morgan fingerprint density at radius 3 is 2.74 bits per heavy atom. The molecular weight excluding hydrogens is 509 g/mol. The molecule has 0 radical (unpaired) electrons. The molecule has 3 heterocycles. The van der Waals surface area contributed by atoms with Gasteiger partial charge >= 0.3 is 0 Å². The molecule has 1 aliphatic rings. The van der Waals surface area contributed by atoms with E-state index < -0.39 is 0 Å². The lowest BCUT2D eigenvalue weighted by Gasteiger charge is -2.26. The van der Waals surface area contributed by atoms with Crippen LogP contribution in [0.5, 0.6) is 0 Å². The molecule has 1 N–H and O–H groups in total. The predicted molar refractivity (Wildman–Crippen MR) is 145 cm³/mol. The van der Waals surface area contributed by atoms with Crippen LogP contribution in [0.3, 0.4) is 0 Å². The number of carbonyl (C=O) groups excluding carboxylic acids is 1. The molecule has 2 aromatic heterocycles. The second-order valence-corrected chi connectivity index (χ2v) is 11.2. The third-order valence-corrected chi connectivity index (χ3v) is 8.82. The van der Waals surface area contributed by atoms with Gasteiger partial charge in [-0.2, -0.15) is 0 Å². The van der Waals surface area contributed by atoms with E-state index in [0.29, 0.717) is 0 Å². The van der Waals surface area contributed by atoms with Crippen molar-refractivity contribution in [3.8, 4) is 10.6 Å². The summed E-state index contributed by atoms with van der Waals surface area (Å²) in [6.45, 7) is 5.25. The van der Waals surface area contributed by atoms with Gasteiger partial charge in [0.15, 0.2) is 0 Å². The van der Waals surface area contributed by atoms with Crippen molar-refractivity contribution in [3.63, 3.8) is 0 Å². The van der Waals surface area contributed by atoms with E-state index in [2.05, 4.69) is 23.2 Å². The molecule has 1 amide bonds. The number of anilines is 1. The van der Waals surface area contributed by atoms with Gasteiger partial charge in [0, 0.05) is 28.4 Å². The van der Waals surface area contributed by atoms with Crippen LogP contribution in [0.15, 0.2) is 53.4 Å². The number of para-hydroxylation sites is 1. The van der Waals surface area contributed by atoms with Crippen molar-refractivity contribution in [2.24, 2.45) is 0 Å². The summed E-state index contributed by atoms with van der Waals surface area (Å²) in [7, 11) is 0. The van der Waals surface area contributed by atoms with Crippen molar-refractivity contribution in [2.45, 2.75) is 31.2 Å². The van der Waals surface area contributed by atoms with E-state index in [-0.39, 0.29) is 29.9 Å². The van der Waals surface area contributed by atoms with Crippen LogP contribution in [0.1, 0.15) is 23.8 Å². The number of thiazole rings is 1. The number of thiophene rings is 1. The normalized spacial score (nSPS) is 13.5. The van der Waals surface area contributed by atoms with E-state index in [9.17, 15) is 9.18 Å². The van der Waals surface area contributed by atoms with Crippen LogP contribution in [0.2, 0.25) is 0 Å². The maximum Gasteiger partial charge on any atom is 0.235 e. The second-order valence-electron chi connectivity index (χ2n) is 8.01. The van der Waals surface area contributed by atoms with Crippen LogP contribution in [0, 0.1) is 5.82 Å². The average Bonchev–Trinajstić information content (AvgIpc) is 3.39. The fourth-order valence-electron chi connectivity index (χ4n) is 4.10. The molecule has 0 fully saturated rings. The first-order chi connectivity index (χ1) is 16.1. The summed E-state index contributed by atoms with van der Waals surface area (Å²) in [6.07, 6.45) is 2.10. The maximum absolute atomic E-state index is 13.1. The smallest absolute Gasteiger partial charge is 0.235 e. The molecule has 0 saturated carbocycles. The SMILES string of the molecule is CCCN1CCc2c(sc(NC(=O)CSc3ccc(F)cc3)c2-c2nc3ccccc3s2)C1.Cl. The van der Waals surface area contributed by atoms with Crippen molar-refractivity contribution in [1.82, 2.24) is 9.88 Å². The largest absolute Gasteiger partial charge is 0.316 e. The number of hydrogen-bond acceptors (Lipinski definition) is 6. The molecule has 4 nitrogen and oxygen atoms in total. The van der Waals surface area contributed by atoms with Crippen LogP contribution in [0.25, 0.3) is 20.8 Å². The van der Waals surface area contributed by atoms with Gasteiger partial charge in [0.25, 0.3) is 0 Å². The number of aromatic nitrogens is 1. The predicted octanol–water partition coefficient (Wildman–Crippen LogP) is 7.08. The van der Waals surface area contributed by atoms with Gasteiger partial charge in [-0.05, 0) is 61.3 Å². The van der Waals surface area contributed by atoms with Crippen LogP contribution in [0.4, 0.5) is 9.39 Å². The number of fused-ring (bicyclic) bond motifs is 2. The van der Waals surface area contributed by atoms with E-state index >= 15 is 0 Å². The van der Waals surface area contributed by atoms with Crippen molar-refractivity contribution >= 4 is 68.0 Å². The second kappa shape index (κ2) is 11.2. The molecule has 9 heteroatoms. The number of carbonyl (C=O) groups is 1. The summed E-state index contributed by atoms with van der Waals surface area (Å²) in [5.41, 5.74) is 3.41. The minimum atomic E-state index is -0.273. The number of hydrogen-bond donors (Lipinski definition) is 1. The first-order valence-corrected chi connectivity index (χ1v) is 13.6. The lowest BCUT2D eigenvalue weighted by Crippen LogP contribution is -2.30. The minimum Gasteiger partial charge on any atom is -0.316 e. The number of thioether (sulfide) groups is 1. The highest BCUT2D eigenvalue weighted by Gasteiger charge is 2.27. The molecule has 0 unspecified atom stereocenters. The van der Waals surface area contributed by atoms with E-state index in [1.807, 2.05) is 18.2 Å². The van der Waals surface area contributed by atoms with Crippen molar-refractivity contribution < 1.29 is 9.18 Å². The highest BCUT2D eigenvalue weighted by molar-refractivity contribution is 8.00. The molecule has 0 spiro atoms. The summed E-state index contributed by atoms with van der Waals surface area (Å²) in [4.78, 5) is 22.5. The zero-order valence-corrected chi connectivity index (χ0v) is 21.9. The summed E-state index contributed by atoms with van der Waals surface area (Å²) < 4.78 is 14.3. The van der Waals surface area contributed by atoms with Crippen LogP contribution >= 0.6 is 46.8 Å².